The molecule has 0 aliphatic carbocycles. The number of anilines is 1. The molecule has 5 aromatic rings. The predicted molar refractivity (Wildman–Crippen MR) is 134 cm³/mol. The molecule has 178 valence electrons. The topological polar surface area (TPSA) is 102 Å². The molecule has 0 bridgehead atoms. The Morgan fingerprint density at radius 1 is 1.00 bits per heavy atom. The number of pyridine rings is 1. The van der Waals surface area contributed by atoms with Gasteiger partial charge in [0.05, 0.1) is 29.4 Å². The van der Waals surface area contributed by atoms with Gasteiger partial charge in [0, 0.05) is 43.7 Å². The Balaban J connectivity index is 1.28. The van der Waals surface area contributed by atoms with Gasteiger partial charge in [0.2, 0.25) is 0 Å². The van der Waals surface area contributed by atoms with Crippen molar-refractivity contribution in [3.05, 3.63) is 79.1 Å². The number of nitrogens with one attached hydrogen (secondary N) is 1. The zero-order valence-electron chi connectivity index (χ0n) is 19.9. The van der Waals surface area contributed by atoms with Gasteiger partial charge in [-0.2, -0.15) is 5.10 Å². The van der Waals surface area contributed by atoms with Crippen molar-refractivity contribution in [2.75, 3.05) is 11.9 Å². The summed E-state index contributed by atoms with van der Waals surface area (Å²) >= 11 is 0. The molecule has 4 aromatic heterocycles. The van der Waals surface area contributed by atoms with Crippen LogP contribution < -0.4 is 10.1 Å². The summed E-state index contributed by atoms with van der Waals surface area (Å²) in [6.07, 6.45) is 9.07. The Kier molecular flexibility index (Phi) is 5.92. The van der Waals surface area contributed by atoms with E-state index < -0.39 is 5.60 Å². The molecule has 4 heterocycles. The van der Waals surface area contributed by atoms with Crippen LogP contribution in [0, 0.1) is 0 Å². The maximum Gasteiger partial charge on any atom is 0.140 e. The molecule has 1 aromatic carbocycles. The van der Waals surface area contributed by atoms with Crippen molar-refractivity contribution >= 4 is 11.5 Å². The highest BCUT2D eigenvalue weighted by molar-refractivity contribution is 5.64. The van der Waals surface area contributed by atoms with Crippen LogP contribution in [0.1, 0.15) is 19.4 Å². The quantitative estimate of drug-likeness (QED) is 0.355. The molecule has 0 saturated carbocycles. The number of ether oxygens (including phenoxy) is 1. The maximum absolute atomic E-state index is 9.88. The molecule has 2 N–H and O–H groups in total. The number of aliphatic hydroxyl groups is 1. The fourth-order valence-electron chi connectivity index (χ4n) is 3.67. The predicted octanol–water partition coefficient (Wildman–Crippen LogP) is 3.95. The second kappa shape index (κ2) is 9.19. The Hall–Kier alpha value is -4.24. The average Bonchev–Trinajstić information content (AvgIpc) is 3.47. The SMILES string of the molecule is Cn1cc(-c2ccc(CNc3cc(-c4cnc5cc(OCC(C)(C)O)ccn45)ncn3)cc2)cn1. The van der Waals surface area contributed by atoms with E-state index in [1.165, 1.54) is 0 Å². The van der Waals surface area contributed by atoms with Gasteiger partial charge in [0.15, 0.2) is 0 Å². The minimum absolute atomic E-state index is 0.198. The molecule has 0 saturated heterocycles. The average molecular weight is 470 g/mol. The molecule has 9 heteroatoms. The van der Waals surface area contributed by atoms with Crippen LogP contribution in [0.3, 0.4) is 0 Å². The first-order valence-corrected chi connectivity index (χ1v) is 11.3. The lowest BCUT2D eigenvalue weighted by Gasteiger charge is -2.17. The number of fused-ring (bicyclic) bond motifs is 1. The summed E-state index contributed by atoms with van der Waals surface area (Å²) in [5.74, 6) is 1.38. The number of imidazole rings is 1. The number of nitrogens with zero attached hydrogens (tertiary/aromatic N) is 6. The van der Waals surface area contributed by atoms with Crippen LogP contribution in [0.15, 0.2) is 73.6 Å². The molecule has 5 rings (SSSR count). The Morgan fingerprint density at radius 3 is 2.57 bits per heavy atom. The number of aryl methyl sites for hydroxylation is 1. The number of aromatic nitrogens is 6. The third kappa shape index (κ3) is 5.30. The molecule has 0 aliphatic rings. The molecule has 0 radical (unpaired) electrons. The molecule has 0 spiro atoms. The standard InChI is InChI=1S/C26H27N7O2/c1-26(2,34)16-35-21-8-9-33-23(14-28-25(33)10-21)22-11-24(30-17-29-22)27-12-18-4-6-19(7-5-18)20-13-31-32(3)15-20/h4-11,13-15,17,34H,12,16H2,1-3H3,(H,27,29,30). The molecule has 0 aliphatic heterocycles. The lowest BCUT2D eigenvalue weighted by molar-refractivity contribution is 0.0285. The lowest BCUT2D eigenvalue weighted by Crippen LogP contribution is -2.27. The van der Waals surface area contributed by atoms with Crippen molar-refractivity contribution in [2.24, 2.45) is 7.05 Å². The van der Waals surface area contributed by atoms with E-state index in [2.05, 4.69) is 49.6 Å². The monoisotopic (exact) mass is 469 g/mol. The van der Waals surface area contributed by atoms with Crippen molar-refractivity contribution in [2.45, 2.75) is 26.0 Å². The van der Waals surface area contributed by atoms with Gasteiger partial charge in [-0.1, -0.05) is 24.3 Å². The summed E-state index contributed by atoms with van der Waals surface area (Å²) in [6.45, 7) is 4.25. The molecule has 0 atom stereocenters. The van der Waals surface area contributed by atoms with Gasteiger partial charge in [-0.25, -0.2) is 15.0 Å². The lowest BCUT2D eigenvalue weighted by atomic mass is 10.1. The molecule has 35 heavy (non-hydrogen) atoms. The van der Waals surface area contributed by atoms with Crippen molar-refractivity contribution in [1.82, 2.24) is 29.1 Å². The number of benzene rings is 1. The Bertz CT molecular complexity index is 1450. The van der Waals surface area contributed by atoms with Gasteiger partial charge in [0.25, 0.3) is 0 Å². The molecule has 0 amide bonds. The highest BCUT2D eigenvalue weighted by Crippen LogP contribution is 2.24. The Morgan fingerprint density at radius 2 is 1.83 bits per heavy atom. The van der Waals surface area contributed by atoms with Crippen LogP contribution in [-0.4, -0.2) is 46.4 Å². The highest BCUT2D eigenvalue weighted by Gasteiger charge is 2.14. The van der Waals surface area contributed by atoms with Gasteiger partial charge in [-0.05, 0) is 31.0 Å². The van der Waals surface area contributed by atoms with Crippen LogP contribution in [-0.2, 0) is 13.6 Å². The van der Waals surface area contributed by atoms with Gasteiger partial charge in [0.1, 0.15) is 30.1 Å². The molecule has 9 nitrogen and oxygen atoms in total. The molecular weight excluding hydrogens is 442 g/mol. The summed E-state index contributed by atoms with van der Waals surface area (Å²) in [4.78, 5) is 13.3. The van der Waals surface area contributed by atoms with Crippen LogP contribution in [0.2, 0.25) is 0 Å². The molecule has 0 unspecified atom stereocenters. The van der Waals surface area contributed by atoms with Crippen LogP contribution in [0.4, 0.5) is 5.82 Å². The normalized spacial score (nSPS) is 11.7. The fraction of sp³-hybridized carbons (Fsp3) is 0.231. The van der Waals surface area contributed by atoms with E-state index in [0.29, 0.717) is 12.3 Å². The van der Waals surface area contributed by atoms with Crippen molar-refractivity contribution in [1.29, 1.82) is 0 Å². The summed E-state index contributed by atoms with van der Waals surface area (Å²) in [5, 5.41) is 17.5. The molecule has 0 fully saturated rings. The van der Waals surface area contributed by atoms with Crippen molar-refractivity contribution in [3.63, 3.8) is 0 Å². The van der Waals surface area contributed by atoms with E-state index in [1.807, 2.05) is 48.2 Å². The third-order valence-corrected chi connectivity index (χ3v) is 5.47. The van der Waals surface area contributed by atoms with Gasteiger partial charge >= 0.3 is 0 Å². The van der Waals surface area contributed by atoms with E-state index in [-0.39, 0.29) is 6.61 Å². The van der Waals surface area contributed by atoms with E-state index >= 15 is 0 Å². The summed E-state index contributed by atoms with van der Waals surface area (Å²) < 4.78 is 9.42. The first kappa shape index (κ1) is 22.5. The third-order valence-electron chi connectivity index (χ3n) is 5.47. The number of hydrogen-bond donors (Lipinski definition) is 2. The second-order valence-electron chi connectivity index (χ2n) is 9.08. The maximum atomic E-state index is 9.88. The number of rotatable bonds is 8. The number of hydrogen-bond acceptors (Lipinski definition) is 7. The van der Waals surface area contributed by atoms with Crippen LogP contribution in [0.25, 0.3) is 28.2 Å². The summed E-state index contributed by atoms with van der Waals surface area (Å²) in [5.41, 5.74) is 4.80. The smallest absolute Gasteiger partial charge is 0.140 e. The largest absolute Gasteiger partial charge is 0.490 e. The highest BCUT2D eigenvalue weighted by atomic mass is 16.5. The van der Waals surface area contributed by atoms with Gasteiger partial charge in [-0.3, -0.25) is 9.08 Å². The first-order chi connectivity index (χ1) is 16.8. The van der Waals surface area contributed by atoms with E-state index in [1.54, 1.807) is 31.1 Å². The van der Waals surface area contributed by atoms with Crippen LogP contribution in [0.5, 0.6) is 5.75 Å². The zero-order valence-corrected chi connectivity index (χ0v) is 19.9. The van der Waals surface area contributed by atoms with E-state index in [4.69, 9.17) is 4.74 Å². The minimum atomic E-state index is -0.904. The van der Waals surface area contributed by atoms with E-state index in [9.17, 15) is 5.11 Å². The van der Waals surface area contributed by atoms with Crippen molar-refractivity contribution in [3.8, 4) is 28.3 Å². The first-order valence-electron chi connectivity index (χ1n) is 11.3. The summed E-state index contributed by atoms with van der Waals surface area (Å²) in [6, 6.07) is 14.0. The van der Waals surface area contributed by atoms with Gasteiger partial charge < -0.3 is 15.2 Å². The minimum Gasteiger partial charge on any atom is -0.490 e. The van der Waals surface area contributed by atoms with Crippen LogP contribution >= 0.6 is 0 Å². The van der Waals surface area contributed by atoms with E-state index in [0.717, 1.165) is 39.5 Å². The molecular formula is C26H27N7O2. The Labute approximate surface area is 203 Å². The fourth-order valence-corrected chi connectivity index (χ4v) is 3.67. The van der Waals surface area contributed by atoms with Crippen molar-refractivity contribution < 1.29 is 9.84 Å². The zero-order chi connectivity index (χ0) is 24.4. The summed E-state index contributed by atoms with van der Waals surface area (Å²) in [7, 11) is 1.91. The second-order valence-corrected chi connectivity index (χ2v) is 9.08. The van der Waals surface area contributed by atoms with Gasteiger partial charge in [-0.15, -0.1) is 0 Å².